The Morgan fingerprint density at radius 1 is 0.463 bits per heavy atom. The fourth-order valence-electron chi connectivity index (χ4n) is 18.6. The Morgan fingerprint density at radius 3 is 1.60 bits per heavy atom. The molecule has 14 N–H and O–H groups in total. The van der Waals surface area contributed by atoms with Crippen molar-refractivity contribution in [3.63, 3.8) is 0 Å². The molecule has 0 amide bonds. The first-order chi connectivity index (χ1) is 38.3. The Morgan fingerprint density at radius 2 is 0.988 bits per heavy atom. The van der Waals surface area contributed by atoms with Gasteiger partial charge in [0, 0.05) is 5.92 Å². The normalized spacial score (nSPS) is 58.5. The van der Waals surface area contributed by atoms with Crippen LogP contribution in [0.3, 0.4) is 0 Å². The molecule has 6 saturated heterocycles. The van der Waals surface area contributed by atoms with Crippen molar-refractivity contribution in [3.05, 3.63) is 0 Å². The number of ether oxygens (including phenoxy) is 11. The highest BCUT2D eigenvalue weighted by Crippen LogP contribution is 2.89. The first-order valence-electron chi connectivity index (χ1n) is 29.9. The van der Waals surface area contributed by atoms with E-state index in [2.05, 4.69) is 34.6 Å². The van der Waals surface area contributed by atoms with E-state index in [0.717, 1.165) is 12.8 Å². The summed E-state index contributed by atoms with van der Waals surface area (Å²) in [6.07, 6.45) is -28.3. The molecule has 0 radical (unpaired) electrons. The molecule has 5 aliphatic carbocycles. The van der Waals surface area contributed by atoms with Gasteiger partial charge in [0.1, 0.15) is 91.6 Å². The van der Waals surface area contributed by atoms with Crippen LogP contribution in [-0.2, 0) is 52.1 Å². The van der Waals surface area contributed by atoms with Crippen molar-refractivity contribution in [2.75, 3.05) is 19.8 Å². The summed E-state index contributed by atoms with van der Waals surface area (Å²) < 4.78 is 70.7. The topological polar surface area (TPSA) is 385 Å². The smallest absolute Gasteiger partial charge is 0.187 e. The van der Waals surface area contributed by atoms with E-state index in [4.69, 9.17) is 52.1 Å². The SMILES string of the molecule is CC1OC(OC2CC3(C)C4CC(OC5OCC(O)C(O)C5O)C5C(C)(C)C(OC6OCC(O)C(O)C6OC6OCC(O)C(O)C6O)CCC56CC46CCC3(C)C2C2(C)CCC(C(C)(C)OC3OC(C)C(O)C(O)C3O)O2)C(O)C(O)C1O. The highest BCUT2D eigenvalue weighted by molar-refractivity contribution is 5.33. The molecule has 25 heteroatoms. The zero-order chi connectivity index (χ0) is 59.5. The maximum Gasteiger partial charge on any atom is 0.187 e. The van der Waals surface area contributed by atoms with Gasteiger partial charge in [-0.25, -0.2) is 0 Å². The fraction of sp³-hybridized carbons (Fsp3) is 1.00. The van der Waals surface area contributed by atoms with Crippen molar-refractivity contribution in [3.8, 4) is 0 Å². The van der Waals surface area contributed by atoms with E-state index in [-0.39, 0.29) is 37.1 Å². The maximum absolute atomic E-state index is 11.6. The lowest BCUT2D eigenvalue weighted by Crippen LogP contribution is -2.65. The van der Waals surface area contributed by atoms with Crippen molar-refractivity contribution >= 4 is 0 Å². The van der Waals surface area contributed by atoms with Crippen molar-refractivity contribution in [1.29, 1.82) is 0 Å². The van der Waals surface area contributed by atoms with Gasteiger partial charge in [-0.3, -0.25) is 0 Å². The molecule has 2 spiro atoms. The summed E-state index contributed by atoms with van der Waals surface area (Å²) >= 11 is 0. The van der Waals surface area contributed by atoms with Gasteiger partial charge in [-0.15, -0.1) is 0 Å². The molecule has 6 aliphatic heterocycles. The van der Waals surface area contributed by atoms with Crippen molar-refractivity contribution < 1.29 is 124 Å². The summed E-state index contributed by atoms with van der Waals surface area (Å²) in [5, 5.41) is 152. The second kappa shape index (κ2) is 21.9. The maximum atomic E-state index is 11.6. The van der Waals surface area contributed by atoms with Gasteiger partial charge in [0.05, 0.1) is 67.6 Å². The lowest BCUT2D eigenvalue weighted by Gasteiger charge is -2.65. The van der Waals surface area contributed by atoms with Gasteiger partial charge in [-0.1, -0.05) is 27.7 Å². The molecule has 6 heterocycles. The molecule has 82 heavy (non-hydrogen) atoms. The Kier molecular flexibility index (Phi) is 16.7. The standard InChI is InChI=1S/C57H94O25/c1-22-32(61)37(66)41(70)48(75-22)78-28-17-54(8)29-16-27(77-46-39(68)34(63)24(58)18-72-46)44-51(3,4)30(79-50-43(36(65)26(60)20-74-50)80-47-40(69)35(64)25(59)19-73-47)11-13-57(44)21-56(29,57)15-14-53(54,7)45(28)55(9)12-10-31(81-55)52(5,6)82-49-42(71)38(67)33(62)23(2)76-49/h22-50,58-71H,10-21H2,1-9H3. The van der Waals surface area contributed by atoms with Crippen LogP contribution in [0.25, 0.3) is 0 Å². The number of hydrogen-bond donors (Lipinski definition) is 14. The third-order valence-electron chi connectivity index (χ3n) is 23.3. The van der Waals surface area contributed by atoms with E-state index in [1.165, 1.54) is 0 Å². The zero-order valence-corrected chi connectivity index (χ0v) is 48.5. The summed E-state index contributed by atoms with van der Waals surface area (Å²) in [7, 11) is 0. The Balaban J connectivity index is 0.925. The summed E-state index contributed by atoms with van der Waals surface area (Å²) in [5.74, 6) is -0.832. The molecule has 0 bridgehead atoms. The van der Waals surface area contributed by atoms with Gasteiger partial charge >= 0.3 is 0 Å². The van der Waals surface area contributed by atoms with Crippen LogP contribution in [0.2, 0.25) is 0 Å². The largest absolute Gasteiger partial charge is 0.388 e. The number of hydrogen-bond acceptors (Lipinski definition) is 25. The number of aliphatic hydroxyl groups is 14. The van der Waals surface area contributed by atoms with Crippen molar-refractivity contribution in [1.82, 2.24) is 0 Å². The van der Waals surface area contributed by atoms with Gasteiger partial charge in [-0.05, 0) is 131 Å². The molecule has 11 rings (SSSR count). The third-order valence-corrected chi connectivity index (χ3v) is 23.3. The van der Waals surface area contributed by atoms with Crippen LogP contribution in [0.4, 0.5) is 0 Å². The van der Waals surface area contributed by atoms with Crippen molar-refractivity contribution in [2.24, 2.45) is 44.8 Å². The molecule has 0 aromatic heterocycles. The molecule has 5 saturated carbocycles. The summed E-state index contributed by atoms with van der Waals surface area (Å²) in [6.45, 7) is 16.7. The van der Waals surface area contributed by atoms with Gasteiger partial charge in [-0.2, -0.15) is 0 Å². The summed E-state index contributed by atoms with van der Waals surface area (Å²) in [4.78, 5) is 0. The molecule has 11 fully saturated rings. The zero-order valence-electron chi connectivity index (χ0n) is 48.5. The number of aliphatic hydroxyl groups excluding tert-OH is 14. The van der Waals surface area contributed by atoms with E-state index < -0.39 is 198 Å². The molecular weight excluding hydrogens is 1080 g/mol. The molecule has 0 aromatic rings. The van der Waals surface area contributed by atoms with E-state index in [1.807, 2.05) is 13.8 Å². The first-order valence-corrected chi connectivity index (χ1v) is 29.9. The van der Waals surface area contributed by atoms with E-state index in [1.54, 1.807) is 13.8 Å². The lowest BCUT2D eigenvalue weighted by atomic mass is 9.41. The van der Waals surface area contributed by atoms with E-state index in [9.17, 15) is 71.5 Å². The average Bonchev–Trinajstić information content (AvgIpc) is 1.54. The molecule has 11 aliphatic rings. The fourth-order valence-corrected chi connectivity index (χ4v) is 18.6. The number of rotatable bonds is 12. The average molecular weight is 1180 g/mol. The molecule has 0 aromatic carbocycles. The minimum atomic E-state index is -1.71. The quantitative estimate of drug-likeness (QED) is 0.0901. The van der Waals surface area contributed by atoms with Crippen LogP contribution >= 0.6 is 0 Å². The van der Waals surface area contributed by atoms with E-state index >= 15 is 0 Å². The van der Waals surface area contributed by atoms with Crippen LogP contribution in [0.15, 0.2) is 0 Å². The third kappa shape index (κ3) is 9.75. The lowest BCUT2D eigenvalue weighted by molar-refractivity contribution is -0.359. The van der Waals surface area contributed by atoms with Gasteiger partial charge in [0.2, 0.25) is 0 Å². The second-order valence-corrected chi connectivity index (χ2v) is 28.5. The van der Waals surface area contributed by atoms with Crippen LogP contribution < -0.4 is 0 Å². The molecule has 34 atom stereocenters. The second-order valence-electron chi connectivity index (χ2n) is 28.5. The summed E-state index contributed by atoms with van der Waals surface area (Å²) in [6, 6.07) is 0. The monoisotopic (exact) mass is 1180 g/mol. The Bertz CT molecular complexity index is 2270. The number of fused-ring (bicyclic) bond motifs is 2. The highest BCUT2D eigenvalue weighted by Gasteiger charge is 2.86. The van der Waals surface area contributed by atoms with E-state index in [0.29, 0.717) is 44.9 Å². The van der Waals surface area contributed by atoms with Gasteiger partial charge in [0.15, 0.2) is 31.5 Å². The summed E-state index contributed by atoms with van der Waals surface area (Å²) in [5.41, 5.74) is -4.72. The van der Waals surface area contributed by atoms with Crippen LogP contribution in [0, 0.1) is 44.8 Å². The minimum Gasteiger partial charge on any atom is -0.388 e. The van der Waals surface area contributed by atoms with Crippen LogP contribution in [-0.4, -0.2) is 262 Å². The predicted octanol–water partition coefficient (Wildman–Crippen LogP) is -2.47. The van der Waals surface area contributed by atoms with Gasteiger partial charge < -0.3 is 124 Å². The molecular formula is C57H94O25. The van der Waals surface area contributed by atoms with Crippen LogP contribution in [0.1, 0.15) is 120 Å². The van der Waals surface area contributed by atoms with Gasteiger partial charge in [0.25, 0.3) is 0 Å². The first kappa shape index (κ1) is 62.6. The Labute approximate surface area is 477 Å². The van der Waals surface area contributed by atoms with Crippen molar-refractivity contribution in [2.45, 2.75) is 291 Å². The minimum absolute atomic E-state index is 0.106. The molecule has 25 nitrogen and oxygen atoms in total. The highest BCUT2D eigenvalue weighted by atomic mass is 16.8. The predicted molar refractivity (Wildman–Crippen MR) is 277 cm³/mol. The van der Waals surface area contributed by atoms with Crippen LogP contribution in [0.5, 0.6) is 0 Å². The molecule has 34 unspecified atom stereocenters. The Hall–Kier alpha value is -1.00. The molecule has 472 valence electrons.